The quantitative estimate of drug-likeness (QED) is 0.722. The average Bonchev–Trinajstić information content (AvgIpc) is 2.53. The predicted molar refractivity (Wildman–Crippen MR) is 76.1 cm³/mol. The molecule has 1 fully saturated rings. The number of hydrogen-bond donors (Lipinski definition) is 1. The minimum absolute atomic E-state index is 0.419. The van der Waals surface area contributed by atoms with Crippen molar-refractivity contribution in [3.8, 4) is 0 Å². The fourth-order valence-corrected chi connectivity index (χ4v) is 3.04. The molecule has 2 nitrogen and oxygen atoms in total. The molecule has 0 aliphatic heterocycles. The highest BCUT2D eigenvalue weighted by molar-refractivity contribution is 4.85. The van der Waals surface area contributed by atoms with Gasteiger partial charge in [-0.05, 0) is 50.7 Å². The molecule has 1 saturated carbocycles. The molecule has 0 bridgehead atoms. The summed E-state index contributed by atoms with van der Waals surface area (Å²) in [6.07, 6.45) is 9.58. The van der Waals surface area contributed by atoms with Gasteiger partial charge in [0.1, 0.15) is 0 Å². The van der Waals surface area contributed by atoms with Crippen molar-refractivity contribution in [3.63, 3.8) is 0 Å². The van der Waals surface area contributed by atoms with E-state index in [-0.39, 0.29) is 0 Å². The summed E-state index contributed by atoms with van der Waals surface area (Å²) < 4.78 is 0. The number of nitrogens with two attached hydrogens (primary N) is 1. The third-order valence-electron chi connectivity index (χ3n) is 4.29. The van der Waals surface area contributed by atoms with Crippen molar-refractivity contribution >= 4 is 0 Å². The zero-order valence-corrected chi connectivity index (χ0v) is 12.2. The molecule has 1 rings (SSSR count). The van der Waals surface area contributed by atoms with Crippen LogP contribution in [-0.2, 0) is 0 Å². The highest BCUT2D eigenvalue weighted by atomic mass is 15.1. The van der Waals surface area contributed by atoms with E-state index in [9.17, 15) is 0 Å². The van der Waals surface area contributed by atoms with Gasteiger partial charge in [0.25, 0.3) is 0 Å². The fourth-order valence-electron chi connectivity index (χ4n) is 3.04. The second-order valence-electron chi connectivity index (χ2n) is 6.54. The van der Waals surface area contributed by atoms with E-state index in [1.54, 1.807) is 0 Å². The van der Waals surface area contributed by atoms with Gasteiger partial charge >= 0.3 is 0 Å². The van der Waals surface area contributed by atoms with Crippen LogP contribution >= 0.6 is 0 Å². The summed E-state index contributed by atoms with van der Waals surface area (Å²) in [5.74, 6) is 0.806. The van der Waals surface area contributed by atoms with Crippen LogP contribution in [0.2, 0.25) is 0 Å². The molecule has 0 amide bonds. The van der Waals surface area contributed by atoms with Gasteiger partial charge in [-0.15, -0.1) is 0 Å². The van der Waals surface area contributed by atoms with E-state index in [1.807, 2.05) is 0 Å². The van der Waals surface area contributed by atoms with Crippen molar-refractivity contribution in [3.05, 3.63) is 0 Å². The molecule has 1 aliphatic rings. The summed E-state index contributed by atoms with van der Waals surface area (Å²) >= 11 is 0. The molecule has 102 valence electrons. The van der Waals surface area contributed by atoms with Crippen LogP contribution in [0.1, 0.15) is 58.8 Å². The van der Waals surface area contributed by atoms with E-state index >= 15 is 0 Å². The molecular formula is C15H32N2. The first kappa shape index (κ1) is 15.0. The second kappa shape index (κ2) is 7.38. The Morgan fingerprint density at radius 3 is 2.18 bits per heavy atom. The highest BCUT2D eigenvalue weighted by Crippen LogP contribution is 2.34. The van der Waals surface area contributed by atoms with Gasteiger partial charge in [-0.3, -0.25) is 0 Å². The summed E-state index contributed by atoms with van der Waals surface area (Å²) in [5, 5.41) is 0. The van der Waals surface area contributed by atoms with Crippen LogP contribution in [0.3, 0.4) is 0 Å². The third-order valence-corrected chi connectivity index (χ3v) is 4.29. The molecule has 17 heavy (non-hydrogen) atoms. The lowest BCUT2D eigenvalue weighted by Gasteiger charge is -2.36. The van der Waals surface area contributed by atoms with E-state index in [4.69, 9.17) is 5.73 Å². The molecule has 2 heteroatoms. The number of rotatable bonds is 6. The first-order chi connectivity index (χ1) is 8.08. The van der Waals surface area contributed by atoms with Crippen molar-refractivity contribution in [2.45, 2.75) is 58.8 Å². The van der Waals surface area contributed by atoms with Gasteiger partial charge in [-0.1, -0.05) is 39.5 Å². The summed E-state index contributed by atoms with van der Waals surface area (Å²) in [5.41, 5.74) is 6.50. The second-order valence-corrected chi connectivity index (χ2v) is 6.54. The van der Waals surface area contributed by atoms with Crippen LogP contribution in [0.4, 0.5) is 0 Å². The minimum atomic E-state index is 0.419. The smallest absolute Gasteiger partial charge is 0.00470 e. The average molecular weight is 240 g/mol. The first-order valence-electron chi connectivity index (χ1n) is 7.47. The summed E-state index contributed by atoms with van der Waals surface area (Å²) in [6, 6.07) is 0. The van der Waals surface area contributed by atoms with Gasteiger partial charge in [-0.2, -0.15) is 0 Å². The predicted octanol–water partition coefficient (Wildman–Crippen LogP) is 3.26. The Bertz CT molecular complexity index is 193. The lowest BCUT2D eigenvalue weighted by molar-refractivity contribution is 0.153. The van der Waals surface area contributed by atoms with Crippen molar-refractivity contribution in [1.29, 1.82) is 0 Å². The molecule has 2 N–H and O–H groups in total. The van der Waals surface area contributed by atoms with Crippen LogP contribution in [-0.4, -0.2) is 31.6 Å². The standard InChI is InChI=1S/C15H32N2/c1-14(2)8-11-17(3)13-15(12-16)9-6-4-5-7-10-15/h14H,4-13,16H2,1-3H3. The van der Waals surface area contributed by atoms with Gasteiger partial charge in [0.2, 0.25) is 0 Å². The first-order valence-corrected chi connectivity index (χ1v) is 7.47. The molecule has 0 aromatic rings. The molecule has 0 radical (unpaired) electrons. The van der Waals surface area contributed by atoms with Crippen molar-refractivity contribution in [1.82, 2.24) is 4.90 Å². The number of hydrogen-bond acceptors (Lipinski definition) is 2. The van der Waals surface area contributed by atoms with Crippen LogP contribution in [0.5, 0.6) is 0 Å². The van der Waals surface area contributed by atoms with E-state index in [0.29, 0.717) is 5.41 Å². The molecule has 0 saturated heterocycles. The van der Waals surface area contributed by atoms with Crippen LogP contribution in [0, 0.1) is 11.3 Å². The molecule has 0 atom stereocenters. The Morgan fingerprint density at radius 2 is 1.71 bits per heavy atom. The van der Waals surface area contributed by atoms with E-state index in [0.717, 1.165) is 12.5 Å². The SMILES string of the molecule is CC(C)CCN(C)CC1(CN)CCCCCC1. The maximum Gasteiger partial charge on any atom is 0.00470 e. The Morgan fingerprint density at radius 1 is 1.12 bits per heavy atom. The Kier molecular flexibility index (Phi) is 6.50. The summed E-state index contributed by atoms with van der Waals surface area (Å²) in [4.78, 5) is 2.51. The van der Waals surface area contributed by atoms with Gasteiger partial charge in [-0.25, -0.2) is 0 Å². The zero-order chi connectivity index (χ0) is 12.7. The van der Waals surface area contributed by atoms with Crippen LogP contribution in [0.25, 0.3) is 0 Å². The van der Waals surface area contributed by atoms with Gasteiger partial charge < -0.3 is 10.6 Å². The third kappa shape index (κ3) is 5.39. The topological polar surface area (TPSA) is 29.3 Å². The normalized spacial score (nSPS) is 20.8. The van der Waals surface area contributed by atoms with Crippen molar-refractivity contribution in [2.24, 2.45) is 17.1 Å². The molecule has 0 aromatic carbocycles. The summed E-state index contributed by atoms with van der Waals surface area (Å²) in [6.45, 7) is 7.91. The van der Waals surface area contributed by atoms with Crippen LogP contribution in [0.15, 0.2) is 0 Å². The molecule has 0 spiro atoms. The zero-order valence-electron chi connectivity index (χ0n) is 12.2. The maximum atomic E-state index is 6.09. The molecule has 0 unspecified atom stereocenters. The fraction of sp³-hybridized carbons (Fsp3) is 1.00. The molecule has 0 heterocycles. The monoisotopic (exact) mass is 240 g/mol. The van der Waals surface area contributed by atoms with E-state index < -0.39 is 0 Å². The van der Waals surface area contributed by atoms with E-state index in [2.05, 4.69) is 25.8 Å². The van der Waals surface area contributed by atoms with Crippen LogP contribution < -0.4 is 5.73 Å². The maximum absolute atomic E-state index is 6.09. The lowest BCUT2D eigenvalue weighted by atomic mass is 9.80. The van der Waals surface area contributed by atoms with E-state index in [1.165, 1.54) is 58.0 Å². The molecule has 1 aliphatic carbocycles. The lowest BCUT2D eigenvalue weighted by Crippen LogP contribution is -2.41. The van der Waals surface area contributed by atoms with Gasteiger partial charge in [0.15, 0.2) is 0 Å². The van der Waals surface area contributed by atoms with Crippen molar-refractivity contribution < 1.29 is 0 Å². The number of nitrogens with zero attached hydrogens (tertiary/aromatic N) is 1. The largest absolute Gasteiger partial charge is 0.330 e. The molecular weight excluding hydrogens is 208 g/mol. The Hall–Kier alpha value is -0.0800. The Labute approximate surface area is 108 Å². The van der Waals surface area contributed by atoms with Gasteiger partial charge in [0.05, 0.1) is 0 Å². The minimum Gasteiger partial charge on any atom is -0.330 e. The van der Waals surface area contributed by atoms with Gasteiger partial charge in [0, 0.05) is 6.54 Å². The highest BCUT2D eigenvalue weighted by Gasteiger charge is 2.30. The molecule has 0 aromatic heterocycles. The van der Waals surface area contributed by atoms with Crippen molar-refractivity contribution in [2.75, 3.05) is 26.7 Å². The summed E-state index contributed by atoms with van der Waals surface area (Å²) in [7, 11) is 2.27. The Balaban J connectivity index is 2.43.